The van der Waals surface area contributed by atoms with Gasteiger partial charge >= 0.3 is 5.97 Å². The number of aromatic nitrogens is 1. The molecule has 172 valence electrons. The second-order valence-corrected chi connectivity index (χ2v) is 9.10. The molecular weight excluding hydrogens is 470 g/mol. The van der Waals surface area contributed by atoms with E-state index in [1.54, 1.807) is 20.1 Å². The Morgan fingerprint density at radius 1 is 1.12 bits per heavy atom. The second kappa shape index (κ2) is 11.8. The highest BCUT2D eigenvalue weighted by molar-refractivity contribution is 7.24. The quantitative estimate of drug-likeness (QED) is 0.151. The van der Waals surface area contributed by atoms with Crippen LogP contribution in [-0.4, -0.2) is 31.3 Å². The lowest BCUT2D eigenvalue weighted by molar-refractivity contribution is -0.139. The molecule has 0 radical (unpaired) electrons. The van der Waals surface area contributed by atoms with Gasteiger partial charge in [0.2, 0.25) is 5.88 Å². The van der Waals surface area contributed by atoms with E-state index in [1.807, 2.05) is 48.5 Å². The van der Waals surface area contributed by atoms with Gasteiger partial charge in [0, 0.05) is 16.9 Å². The van der Waals surface area contributed by atoms with Crippen LogP contribution in [0.4, 0.5) is 0 Å². The zero-order valence-electron chi connectivity index (χ0n) is 18.7. The Hall–Kier alpha value is -3.92. The van der Waals surface area contributed by atoms with Gasteiger partial charge in [-0.25, -0.2) is 9.78 Å². The number of nitrogens with zero attached hydrogens (tertiary/aromatic N) is 3. The van der Waals surface area contributed by atoms with Gasteiger partial charge in [0.15, 0.2) is 0 Å². The summed E-state index contributed by atoms with van der Waals surface area (Å²) in [6.45, 7) is 5.71. The second-order valence-electron chi connectivity index (χ2n) is 6.98. The van der Waals surface area contributed by atoms with Gasteiger partial charge in [-0.3, -0.25) is 0 Å². The molecule has 0 aliphatic rings. The van der Waals surface area contributed by atoms with Crippen molar-refractivity contribution in [1.29, 1.82) is 10.5 Å². The van der Waals surface area contributed by atoms with E-state index in [0.29, 0.717) is 24.5 Å². The number of thiazole rings is 1. The number of carbonyl (C=O) groups is 1. The number of methoxy groups -OCH3 is 1. The van der Waals surface area contributed by atoms with Crippen LogP contribution in [0, 0.1) is 22.7 Å². The van der Waals surface area contributed by atoms with Gasteiger partial charge in [-0.05, 0) is 55.0 Å². The van der Waals surface area contributed by atoms with Gasteiger partial charge in [-0.15, -0.1) is 22.7 Å². The summed E-state index contributed by atoms with van der Waals surface area (Å²) >= 11 is 2.92. The van der Waals surface area contributed by atoms with Crippen LogP contribution in [0.2, 0.25) is 0 Å². The monoisotopic (exact) mass is 491 g/mol. The minimum atomic E-state index is -0.423. The molecule has 0 aliphatic heterocycles. The van der Waals surface area contributed by atoms with Crippen LogP contribution in [-0.2, 0) is 9.53 Å². The van der Waals surface area contributed by atoms with Crippen molar-refractivity contribution >= 4 is 34.7 Å². The van der Waals surface area contributed by atoms with Crippen LogP contribution in [0.3, 0.4) is 0 Å². The predicted molar refractivity (Wildman–Crippen MR) is 133 cm³/mol. The normalized spacial score (nSPS) is 10.0. The van der Waals surface area contributed by atoms with E-state index < -0.39 is 5.97 Å². The topological polar surface area (TPSA) is 105 Å². The average molecular weight is 492 g/mol. The molecule has 0 amide bonds. The molecule has 3 rings (SSSR count). The molecule has 0 atom stereocenters. The largest absolute Gasteiger partial charge is 0.497 e. The van der Waals surface area contributed by atoms with Gasteiger partial charge in [0.1, 0.15) is 28.5 Å². The van der Waals surface area contributed by atoms with Crippen LogP contribution < -0.4 is 9.47 Å². The number of thiophene rings is 1. The maximum absolute atomic E-state index is 11.5. The van der Waals surface area contributed by atoms with Crippen molar-refractivity contribution in [3.63, 3.8) is 0 Å². The highest BCUT2D eigenvalue weighted by Crippen LogP contribution is 2.42. The van der Waals surface area contributed by atoms with E-state index in [2.05, 4.69) is 6.58 Å². The zero-order chi connectivity index (χ0) is 24.5. The number of hydrogen-bond donors (Lipinski definition) is 0. The summed E-state index contributed by atoms with van der Waals surface area (Å²) in [5, 5.41) is 18.7. The van der Waals surface area contributed by atoms with Crippen molar-refractivity contribution < 1.29 is 19.0 Å². The molecule has 7 nitrogen and oxygen atoms in total. The van der Waals surface area contributed by atoms with Crippen LogP contribution in [0.25, 0.3) is 26.4 Å². The minimum Gasteiger partial charge on any atom is -0.497 e. The molecule has 0 unspecified atom stereocenters. The first kappa shape index (κ1) is 24.7. The fourth-order valence-electron chi connectivity index (χ4n) is 2.73. The highest BCUT2D eigenvalue weighted by Gasteiger charge is 2.17. The van der Waals surface area contributed by atoms with E-state index in [-0.39, 0.29) is 12.2 Å². The lowest BCUT2D eigenvalue weighted by atomic mass is 10.2. The van der Waals surface area contributed by atoms with Gasteiger partial charge in [0.05, 0.1) is 30.1 Å². The van der Waals surface area contributed by atoms with Crippen LogP contribution in [0.5, 0.6) is 11.6 Å². The standard InChI is InChI=1S/C25H21N3O4S2/c1-16(2)25(29)32-12-4-11-31-23-22(18-5-7-19(30-3)8-6-18)34-24(28-23)21-10-9-20(33-21)13-17(14-26)15-27/h5-10,13H,1,4,11-12H2,2-3H3. The van der Waals surface area contributed by atoms with E-state index in [9.17, 15) is 4.79 Å². The SMILES string of the molecule is C=C(C)C(=O)OCCCOc1nc(-c2ccc(C=C(C#N)C#N)s2)sc1-c1ccc(OC)cc1. The molecule has 9 heteroatoms. The molecule has 0 aliphatic carbocycles. The van der Waals surface area contributed by atoms with E-state index in [0.717, 1.165) is 31.0 Å². The number of benzene rings is 1. The number of esters is 1. The summed E-state index contributed by atoms with van der Waals surface area (Å²) < 4.78 is 16.3. The van der Waals surface area contributed by atoms with Gasteiger partial charge in [0.25, 0.3) is 0 Å². The van der Waals surface area contributed by atoms with E-state index >= 15 is 0 Å². The van der Waals surface area contributed by atoms with E-state index in [1.165, 1.54) is 22.7 Å². The van der Waals surface area contributed by atoms with Crippen LogP contribution in [0.1, 0.15) is 18.2 Å². The number of hydrogen-bond acceptors (Lipinski definition) is 9. The molecule has 0 saturated heterocycles. The molecular formula is C25H21N3O4S2. The molecule has 2 heterocycles. The Balaban J connectivity index is 1.82. The van der Waals surface area contributed by atoms with Gasteiger partial charge in [-0.1, -0.05) is 6.58 Å². The Kier molecular flexibility index (Phi) is 8.58. The summed E-state index contributed by atoms with van der Waals surface area (Å²) in [4.78, 5) is 18.8. The first-order valence-electron chi connectivity index (χ1n) is 10.2. The van der Waals surface area contributed by atoms with E-state index in [4.69, 9.17) is 29.7 Å². The Morgan fingerprint density at radius 2 is 1.85 bits per heavy atom. The molecule has 0 N–H and O–H groups in total. The molecule has 34 heavy (non-hydrogen) atoms. The van der Waals surface area contributed by atoms with Crippen molar-refractivity contribution in [3.05, 3.63) is 59.0 Å². The van der Waals surface area contributed by atoms with Crippen molar-refractivity contribution in [1.82, 2.24) is 4.98 Å². The number of nitriles is 2. The molecule has 3 aromatic rings. The van der Waals surface area contributed by atoms with Crippen molar-refractivity contribution in [2.75, 3.05) is 20.3 Å². The highest BCUT2D eigenvalue weighted by atomic mass is 32.1. The van der Waals surface area contributed by atoms with Crippen molar-refractivity contribution in [2.24, 2.45) is 0 Å². The molecule has 0 fully saturated rings. The average Bonchev–Trinajstić information content (AvgIpc) is 3.49. The molecule has 0 saturated carbocycles. The Labute approximate surface area is 205 Å². The fourth-order valence-corrected chi connectivity index (χ4v) is 4.75. The molecule has 0 bridgehead atoms. The number of rotatable bonds is 10. The first-order chi connectivity index (χ1) is 16.4. The summed E-state index contributed by atoms with van der Waals surface area (Å²) in [6, 6.07) is 15.1. The summed E-state index contributed by atoms with van der Waals surface area (Å²) in [5.41, 5.74) is 1.33. The summed E-state index contributed by atoms with van der Waals surface area (Å²) in [7, 11) is 1.61. The summed E-state index contributed by atoms with van der Waals surface area (Å²) in [5.74, 6) is 0.806. The third kappa shape index (κ3) is 6.32. The van der Waals surface area contributed by atoms with Crippen molar-refractivity contribution in [2.45, 2.75) is 13.3 Å². The van der Waals surface area contributed by atoms with Crippen molar-refractivity contribution in [3.8, 4) is 44.1 Å². The fraction of sp³-hybridized carbons (Fsp3) is 0.200. The van der Waals surface area contributed by atoms with Crippen LogP contribution >= 0.6 is 22.7 Å². The third-order valence-electron chi connectivity index (χ3n) is 4.42. The third-order valence-corrected chi connectivity index (χ3v) is 6.71. The summed E-state index contributed by atoms with van der Waals surface area (Å²) in [6.07, 6.45) is 2.06. The molecule has 1 aromatic carbocycles. The maximum Gasteiger partial charge on any atom is 0.333 e. The number of carbonyl (C=O) groups excluding carboxylic acids is 1. The lowest BCUT2D eigenvalue weighted by Gasteiger charge is -2.07. The van der Waals surface area contributed by atoms with Gasteiger partial charge < -0.3 is 14.2 Å². The van der Waals surface area contributed by atoms with Gasteiger partial charge in [-0.2, -0.15) is 10.5 Å². The number of allylic oxidation sites excluding steroid dienone is 1. The zero-order valence-corrected chi connectivity index (χ0v) is 20.3. The lowest BCUT2D eigenvalue weighted by Crippen LogP contribution is -2.09. The molecule has 2 aromatic heterocycles. The molecule has 0 spiro atoms. The minimum absolute atomic E-state index is 0.0443. The maximum atomic E-state index is 11.5. The number of ether oxygens (including phenoxy) is 3. The first-order valence-corrected chi connectivity index (χ1v) is 11.8. The Bertz CT molecular complexity index is 1270. The van der Waals surface area contributed by atoms with Crippen LogP contribution in [0.15, 0.2) is 54.1 Å². The Morgan fingerprint density at radius 3 is 2.50 bits per heavy atom. The smallest absolute Gasteiger partial charge is 0.333 e. The predicted octanol–water partition coefficient (Wildman–Crippen LogP) is 5.87.